The van der Waals surface area contributed by atoms with Crippen molar-refractivity contribution in [3.8, 4) is 0 Å². The second-order valence-electron chi connectivity index (χ2n) is 3.09. The lowest BCUT2D eigenvalue weighted by atomic mass is 10.2. The number of carbonyl (C=O) groups is 1. The number of rotatable bonds is 1. The summed E-state index contributed by atoms with van der Waals surface area (Å²) in [6.45, 7) is 0. The van der Waals surface area contributed by atoms with Gasteiger partial charge in [-0.25, -0.2) is 9.78 Å². The largest absolute Gasteiger partial charge is 0.341 e. The van der Waals surface area contributed by atoms with Gasteiger partial charge in [-0.2, -0.15) is 0 Å². The third kappa shape index (κ3) is 2.04. The van der Waals surface area contributed by atoms with Gasteiger partial charge in [-0.15, -0.1) is 0 Å². The van der Waals surface area contributed by atoms with Gasteiger partial charge in [-0.05, 0) is 18.2 Å². The molecule has 2 aromatic rings. The van der Waals surface area contributed by atoms with Gasteiger partial charge in [0.2, 0.25) is 0 Å². The summed E-state index contributed by atoms with van der Waals surface area (Å²) in [6, 6.07) is 11.2. The fraction of sp³-hybridized carbons (Fsp3) is 0.0909. The number of fused-ring (bicyclic) bond motifs is 1. The van der Waals surface area contributed by atoms with Crippen molar-refractivity contribution in [3.63, 3.8) is 0 Å². The summed E-state index contributed by atoms with van der Waals surface area (Å²) in [5, 5.41) is 6.15. The minimum absolute atomic E-state index is 0.266. The van der Waals surface area contributed by atoms with Crippen LogP contribution < -0.4 is 10.6 Å². The van der Waals surface area contributed by atoms with Crippen LogP contribution in [0.15, 0.2) is 36.4 Å². The number of anilines is 1. The maximum atomic E-state index is 11.1. The number of benzene rings is 1. The highest BCUT2D eigenvalue weighted by atomic mass is 16.2. The molecule has 0 bridgehead atoms. The second kappa shape index (κ2) is 3.96. The first kappa shape index (κ1) is 9.45. The second-order valence-corrected chi connectivity index (χ2v) is 3.09. The molecule has 0 aliphatic heterocycles. The van der Waals surface area contributed by atoms with Crippen LogP contribution in [0.3, 0.4) is 0 Å². The molecular formula is C11H11N3O. The average Bonchev–Trinajstić information content (AvgIpc) is 2.29. The number of hydrogen-bond acceptors (Lipinski definition) is 2. The molecule has 0 aliphatic rings. The van der Waals surface area contributed by atoms with Gasteiger partial charge in [-0.3, -0.25) is 5.32 Å². The van der Waals surface area contributed by atoms with Crippen LogP contribution in [0.4, 0.5) is 10.6 Å². The minimum Gasteiger partial charge on any atom is -0.341 e. The van der Waals surface area contributed by atoms with E-state index in [2.05, 4.69) is 15.6 Å². The Kier molecular flexibility index (Phi) is 2.49. The van der Waals surface area contributed by atoms with E-state index in [4.69, 9.17) is 0 Å². The summed E-state index contributed by atoms with van der Waals surface area (Å²) in [5.41, 5.74) is 0.867. The standard InChI is InChI=1S/C11H11N3O/c1-12-11(15)14-10-7-6-8-4-2-3-5-9(8)13-10/h2-7H,1H3,(H2,12,13,14,15). The topological polar surface area (TPSA) is 54.0 Å². The smallest absolute Gasteiger partial charge is 0.320 e. The maximum Gasteiger partial charge on any atom is 0.320 e. The summed E-state index contributed by atoms with van der Waals surface area (Å²) in [5.74, 6) is 0.549. The molecule has 0 spiro atoms. The molecule has 0 atom stereocenters. The van der Waals surface area contributed by atoms with Gasteiger partial charge in [0.05, 0.1) is 5.52 Å². The van der Waals surface area contributed by atoms with Crippen LogP contribution in [0.1, 0.15) is 0 Å². The van der Waals surface area contributed by atoms with E-state index in [9.17, 15) is 4.79 Å². The van der Waals surface area contributed by atoms with Crippen molar-refractivity contribution in [1.82, 2.24) is 10.3 Å². The van der Waals surface area contributed by atoms with Gasteiger partial charge in [0.1, 0.15) is 5.82 Å². The molecule has 2 amide bonds. The van der Waals surface area contributed by atoms with E-state index in [-0.39, 0.29) is 6.03 Å². The van der Waals surface area contributed by atoms with E-state index < -0.39 is 0 Å². The van der Waals surface area contributed by atoms with Crippen molar-refractivity contribution >= 4 is 22.8 Å². The number of amides is 2. The van der Waals surface area contributed by atoms with Crippen molar-refractivity contribution in [1.29, 1.82) is 0 Å². The van der Waals surface area contributed by atoms with Gasteiger partial charge in [0.25, 0.3) is 0 Å². The van der Waals surface area contributed by atoms with E-state index in [1.165, 1.54) is 0 Å². The number of aromatic nitrogens is 1. The van der Waals surface area contributed by atoms with Gasteiger partial charge < -0.3 is 5.32 Å². The van der Waals surface area contributed by atoms with E-state index in [0.29, 0.717) is 5.82 Å². The van der Waals surface area contributed by atoms with Crippen molar-refractivity contribution in [2.24, 2.45) is 0 Å². The molecule has 0 aliphatic carbocycles. The van der Waals surface area contributed by atoms with Crippen LogP contribution in [0, 0.1) is 0 Å². The maximum absolute atomic E-state index is 11.1. The SMILES string of the molecule is CNC(=O)Nc1ccc2ccccc2n1. The summed E-state index contributed by atoms with van der Waals surface area (Å²) in [6.07, 6.45) is 0. The zero-order valence-corrected chi connectivity index (χ0v) is 8.32. The molecular weight excluding hydrogens is 190 g/mol. The van der Waals surface area contributed by atoms with E-state index in [0.717, 1.165) is 10.9 Å². The number of nitrogens with one attached hydrogen (secondary N) is 2. The number of urea groups is 1. The lowest BCUT2D eigenvalue weighted by Crippen LogP contribution is -2.24. The van der Waals surface area contributed by atoms with E-state index >= 15 is 0 Å². The molecule has 0 saturated carbocycles. The zero-order valence-electron chi connectivity index (χ0n) is 8.32. The van der Waals surface area contributed by atoms with Crippen molar-refractivity contribution in [3.05, 3.63) is 36.4 Å². The molecule has 76 valence electrons. The molecule has 2 rings (SSSR count). The van der Waals surface area contributed by atoms with Crippen LogP contribution >= 0.6 is 0 Å². The van der Waals surface area contributed by atoms with Gasteiger partial charge in [0, 0.05) is 12.4 Å². The lowest BCUT2D eigenvalue weighted by Gasteiger charge is -2.04. The summed E-state index contributed by atoms with van der Waals surface area (Å²) >= 11 is 0. The highest BCUT2D eigenvalue weighted by Crippen LogP contribution is 2.14. The molecule has 1 heterocycles. The van der Waals surface area contributed by atoms with Crippen molar-refractivity contribution < 1.29 is 4.79 Å². The highest BCUT2D eigenvalue weighted by molar-refractivity contribution is 5.90. The summed E-state index contributed by atoms with van der Waals surface area (Å²) in [7, 11) is 1.57. The van der Waals surface area contributed by atoms with E-state index in [1.54, 1.807) is 13.1 Å². The minimum atomic E-state index is -0.266. The number of pyridine rings is 1. The fourth-order valence-corrected chi connectivity index (χ4v) is 1.31. The third-order valence-electron chi connectivity index (χ3n) is 2.07. The normalized spacial score (nSPS) is 9.93. The van der Waals surface area contributed by atoms with Gasteiger partial charge in [-0.1, -0.05) is 18.2 Å². The molecule has 4 heteroatoms. The Morgan fingerprint density at radius 2 is 2.00 bits per heavy atom. The Bertz CT molecular complexity index is 496. The number of nitrogens with zero attached hydrogens (tertiary/aromatic N) is 1. The summed E-state index contributed by atoms with van der Waals surface area (Å²) < 4.78 is 0. The van der Waals surface area contributed by atoms with Gasteiger partial charge in [0.15, 0.2) is 0 Å². The first-order chi connectivity index (χ1) is 7.29. The zero-order chi connectivity index (χ0) is 10.7. The predicted molar refractivity (Wildman–Crippen MR) is 59.8 cm³/mol. The number of para-hydroxylation sites is 1. The molecule has 1 aromatic heterocycles. The first-order valence-electron chi connectivity index (χ1n) is 4.64. The Balaban J connectivity index is 2.34. The number of carbonyl (C=O) groups excluding carboxylic acids is 1. The Hall–Kier alpha value is -2.10. The molecule has 15 heavy (non-hydrogen) atoms. The third-order valence-corrected chi connectivity index (χ3v) is 2.07. The first-order valence-corrected chi connectivity index (χ1v) is 4.64. The molecule has 0 fully saturated rings. The molecule has 0 unspecified atom stereocenters. The fourth-order valence-electron chi connectivity index (χ4n) is 1.31. The molecule has 1 aromatic carbocycles. The quantitative estimate of drug-likeness (QED) is 0.741. The van der Waals surface area contributed by atoms with E-state index in [1.807, 2.05) is 30.3 Å². The molecule has 0 radical (unpaired) electrons. The molecule has 0 saturated heterocycles. The number of hydrogen-bond donors (Lipinski definition) is 2. The molecule has 2 N–H and O–H groups in total. The monoisotopic (exact) mass is 201 g/mol. The Morgan fingerprint density at radius 1 is 1.20 bits per heavy atom. The predicted octanol–water partition coefficient (Wildman–Crippen LogP) is 1.99. The average molecular weight is 201 g/mol. The van der Waals surface area contributed by atoms with Gasteiger partial charge >= 0.3 is 6.03 Å². The summed E-state index contributed by atoms with van der Waals surface area (Å²) in [4.78, 5) is 15.3. The lowest BCUT2D eigenvalue weighted by molar-refractivity contribution is 0.254. The highest BCUT2D eigenvalue weighted by Gasteiger charge is 2.00. The van der Waals surface area contributed by atoms with Crippen LogP contribution in [0.2, 0.25) is 0 Å². The van der Waals surface area contributed by atoms with Crippen LogP contribution in [0.5, 0.6) is 0 Å². The van der Waals surface area contributed by atoms with Crippen LogP contribution in [-0.2, 0) is 0 Å². The Labute approximate surface area is 87.3 Å². The van der Waals surface area contributed by atoms with Crippen molar-refractivity contribution in [2.75, 3.05) is 12.4 Å². The van der Waals surface area contributed by atoms with Crippen LogP contribution in [0.25, 0.3) is 10.9 Å². The van der Waals surface area contributed by atoms with Crippen molar-refractivity contribution in [2.45, 2.75) is 0 Å². The molecule has 4 nitrogen and oxygen atoms in total. The Morgan fingerprint density at radius 3 is 2.80 bits per heavy atom. The van der Waals surface area contributed by atoms with Crippen LogP contribution in [-0.4, -0.2) is 18.1 Å².